The number of amides is 1. The van der Waals surface area contributed by atoms with Gasteiger partial charge < -0.3 is 20.2 Å². The van der Waals surface area contributed by atoms with Crippen molar-refractivity contribution < 1.29 is 19.5 Å². The first kappa shape index (κ1) is 21.8. The van der Waals surface area contributed by atoms with E-state index in [0.29, 0.717) is 12.1 Å². The molecule has 8 heteroatoms. The third-order valence-corrected chi connectivity index (χ3v) is 5.39. The standard InChI is InChI=1S/C22H23N3O4.ClH/c1-22(2,21(27)28)29-24-19-16-11-15(13-7-5-4-6-8-13)14-9-10-25(3)12-17(14)18(16)23-20(19)26;/h4-8,11H,9-10,12H2,1-3H3,(H,27,28)(H,23,24,26);1H. The van der Waals surface area contributed by atoms with Crippen molar-refractivity contribution in [1.29, 1.82) is 0 Å². The molecule has 0 radical (unpaired) electrons. The summed E-state index contributed by atoms with van der Waals surface area (Å²) < 4.78 is 0. The summed E-state index contributed by atoms with van der Waals surface area (Å²) >= 11 is 0. The van der Waals surface area contributed by atoms with E-state index in [9.17, 15) is 14.7 Å². The van der Waals surface area contributed by atoms with Crippen molar-refractivity contribution in [2.75, 3.05) is 18.9 Å². The summed E-state index contributed by atoms with van der Waals surface area (Å²) in [6, 6.07) is 12.0. The largest absolute Gasteiger partial charge is 0.478 e. The van der Waals surface area contributed by atoms with E-state index in [-0.39, 0.29) is 24.0 Å². The average molecular weight is 430 g/mol. The maximum Gasteiger partial charge on any atom is 0.350 e. The molecule has 0 fully saturated rings. The predicted molar refractivity (Wildman–Crippen MR) is 117 cm³/mol. The van der Waals surface area contributed by atoms with Crippen molar-refractivity contribution in [3.05, 3.63) is 53.1 Å². The molecule has 0 atom stereocenters. The Labute approximate surface area is 181 Å². The van der Waals surface area contributed by atoms with Crippen LogP contribution in [-0.2, 0) is 27.4 Å². The molecule has 158 valence electrons. The molecule has 0 unspecified atom stereocenters. The monoisotopic (exact) mass is 429 g/mol. The van der Waals surface area contributed by atoms with Crippen LogP contribution in [0.2, 0.25) is 0 Å². The average Bonchev–Trinajstić information content (AvgIpc) is 3.01. The molecule has 0 aliphatic carbocycles. The summed E-state index contributed by atoms with van der Waals surface area (Å²) in [6.07, 6.45) is 0.883. The number of aliphatic carboxylic acids is 1. The van der Waals surface area contributed by atoms with Gasteiger partial charge in [0, 0.05) is 18.7 Å². The second kappa shape index (κ2) is 8.08. The Morgan fingerprint density at radius 1 is 1.20 bits per heavy atom. The van der Waals surface area contributed by atoms with Crippen LogP contribution in [0.3, 0.4) is 0 Å². The second-order valence-corrected chi connectivity index (χ2v) is 7.96. The highest BCUT2D eigenvalue weighted by Gasteiger charge is 2.35. The molecule has 0 bridgehead atoms. The molecule has 30 heavy (non-hydrogen) atoms. The van der Waals surface area contributed by atoms with Gasteiger partial charge in [-0.3, -0.25) is 4.79 Å². The molecule has 2 aliphatic heterocycles. The number of hydrogen-bond donors (Lipinski definition) is 2. The number of rotatable bonds is 4. The second-order valence-electron chi connectivity index (χ2n) is 7.96. The van der Waals surface area contributed by atoms with Crippen LogP contribution in [0.15, 0.2) is 41.6 Å². The van der Waals surface area contributed by atoms with E-state index in [1.54, 1.807) is 0 Å². The van der Waals surface area contributed by atoms with E-state index in [4.69, 9.17) is 4.84 Å². The summed E-state index contributed by atoms with van der Waals surface area (Å²) in [5, 5.41) is 16.1. The molecular formula is C22H24ClN3O4. The lowest BCUT2D eigenvalue weighted by Crippen LogP contribution is -2.33. The smallest absolute Gasteiger partial charge is 0.350 e. The molecule has 2 aliphatic rings. The van der Waals surface area contributed by atoms with Crippen molar-refractivity contribution in [1.82, 2.24) is 4.90 Å². The van der Waals surface area contributed by atoms with Gasteiger partial charge >= 0.3 is 5.97 Å². The molecule has 2 N–H and O–H groups in total. The Morgan fingerprint density at radius 2 is 1.90 bits per heavy atom. The van der Waals surface area contributed by atoms with Gasteiger partial charge in [-0.05, 0) is 55.6 Å². The lowest BCUT2D eigenvalue weighted by molar-refractivity contribution is -0.161. The van der Waals surface area contributed by atoms with Crippen LogP contribution in [0.25, 0.3) is 11.1 Å². The number of benzene rings is 2. The van der Waals surface area contributed by atoms with Gasteiger partial charge in [-0.25, -0.2) is 4.79 Å². The minimum absolute atomic E-state index is 0. The Hall–Kier alpha value is -2.90. The highest BCUT2D eigenvalue weighted by Crippen LogP contribution is 2.40. The molecule has 0 spiro atoms. The molecule has 4 rings (SSSR count). The van der Waals surface area contributed by atoms with Crippen LogP contribution in [0.1, 0.15) is 30.5 Å². The minimum Gasteiger partial charge on any atom is -0.478 e. The lowest BCUT2D eigenvalue weighted by atomic mass is 9.87. The maximum absolute atomic E-state index is 12.7. The summed E-state index contributed by atoms with van der Waals surface area (Å²) in [6.45, 7) is 4.44. The van der Waals surface area contributed by atoms with E-state index < -0.39 is 11.6 Å². The summed E-state index contributed by atoms with van der Waals surface area (Å²) in [7, 11) is 2.05. The highest BCUT2D eigenvalue weighted by atomic mass is 35.5. The zero-order chi connectivity index (χ0) is 20.8. The SMILES string of the molecule is CN1CCc2c(-c3ccccc3)cc3c(c2C1)NC(=O)C3=NOC(C)(C)C(=O)O.Cl. The minimum atomic E-state index is -1.54. The van der Waals surface area contributed by atoms with Gasteiger partial charge in [-0.2, -0.15) is 0 Å². The zero-order valence-corrected chi connectivity index (χ0v) is 17.9. The Kier molecular flexibility index (Phi) is 5.87. The first-order chi connectivity index (χ1) is 13.8. The molecular weight excluding hydrogens is 406 g/mol. The van der Waals surface area contributed by atoms with Crippen LogP contribution in [0.4, 0.5) is 5.69 Å². The Balaban J connectivity index is 0.00000256. The summed E-state index contributed by atoms with van der Waals surface area (Å²) in [5.41, 5.74) is 4.38. The van der Waals surface area contributed by atoms with E-state index in [1.165, 1.54) is 19.4 Å². The van der Waals surface area contributed by atoms with Gasteiger partial charge in [0.1, 0.15) is 0 Å². The number of carbonyl (C=O) groups excluding carboxylic acids is 1. The van der Waals surface area contributed by atoms with Crippen molar-refractivity contribution in [3.63, 3.8) is 0 Å². The van der Waals surface area contributed by atoms with Crippen LogP contribution >= 0.6 is 12.4 Å². The van der Waals surface area contributed by atoms with Gasteiger partial charge in [0.25, 0.3) is 5.91 Å². The normalized spacial score (nSPS) is 17.0. The van der Waals surface area contributed by atoms with Crippen molar-refractivity contribution >= 4 is 35.7 Å². The number of hydrogen-bond acceptors (Lipinski definition) is 5. The molecule has 7 nitrogen and oxygen atoms in total. The van der Waals surface area contributed by atoms with Gasteiger partial charge in [0.15, 0.2) is 5.71 Å². The van der Waals surface area contributed by atoms with Crippen molar-refractivity contribution in [2.45, 2.75) is 32.4 Å². The van der Waals surface area contributed by atoms with E-state index in [1.807, 2.05) is 36.4 Å². The number of nitrogens with one attached hydrogen (secondary N) is 1. The molecule has 0 saturated heterocycles. The fraction of sp³-hybridized carbons (Fsp3) is 0.318. The third-order valence-electron chi connectivity index (χ3n) is 5.39. The first-order valence-corrected chi connectivity index (χ1v) is 9.52. The molecule has 2 aromatic rings. The number of nitrogens with zero attached hydrogens (tertiary/aromatic N) is 2. The topological polar surface area (TPSA) is 91.2 Å². The number of carboxylic acid groups (broad SMARTS) is 1. The summed E-state index contributed by atoms with van der Waals surface area (Å²) in [4.78, 5) is 31.4. The third kappa shape index (κ3) is 3.78. The molecule has 0 saturated carbocycles. The van der Waals surface area contributed by atoms with E-state index >= 15 is 0 Å². The molecule has 2 heterocycles. The van der Waals surface area contributed by atoms with Gasteiger partial charge in [-0.1, -0.05) is 35.5 Å². The molecule has 1 amide bonds. The van der Waals surface area contributed by atoms with Crippen molar-refractivity contribution in [3.8, 4) is 11.1 Å². The highest BCUT2D eigenvalue weighted by molar-refractivity contribution is 6.54. The maximum atomic E-state index is 12.7. The Morgan fingerprint density at radius 3 is 2.57 bits per heavy atom. The van der Waals surface area contributed by atoms with Gasteiger partial charge in [0.05, 0.1) is 5.69 Å². The zero-order valence-electron chi connectivity index (χ0n) is 17.1. The molecule has 0 aromatic heterocycles. The van der Waals surface area contributed by atoms with E-state index in [2.05, 4.69) is 22.4 Å². The Bertz CT molecular complexity index is 1030. The van der Waals surface area contributed by atoms with Crippen LogP contribution in [0, 0.1) is 0 Å². The van der Waals surface area contributed by atoms with Gasteiger partial charge in [-0.15, -0.1) is 12.4 Å². The number of oxime groups is 1. The number of carboxylic acids is 1. The fourth-order valence-corrected chi connectivity index (χ4v) is 3.68. The lowest BCUT2D eigenvalue weighted by Gasteiger charge is -2.29. The van der Waals surface area contributed by atoms with Crippen LogP contribution < -0.4 is 5.32 Å². The summed E-state index contributed by atoms with van der Waals surface area (Å²) in [5.74, 6) is -1.54. The fourth-order valence-electron chi connectivity index (χ4n) is 3.68. The first-order valence-electron chi connectivity index (χ1n) is 9.52. The van der Waals surface area contributed by atoms with E-state index in [0.717, 1.165) is 35.3 Å². The number of likely N-dealkylation sites (N-methyl/N-ethyl adjacent to an activating group) is 1. The number of anilines is 1. The molecule has 2 aromatic carbocycles. The van der Waals surface area contributed by atoms with Crippen LogP contribution in [0.5, 0.6) is 0 Å². The predicted octanol–water partition coefficient (Wildman–Crippen LogP) is 3.30. The number of fused-ring (bicyclic) bond motifs is 3. The van der Waals surface area contributed by atoms with Crippen molar-refractivity contribution in [2.24, 2.45) is 5.16 Å². The number of halogens is 1. The quantitative estimate of drug-likeness (QED) is 0.727. The van der Waals surface area contributed by atoms with Crippen LogP contribution in [-0.4, -0.2) is 46.8 Å². The number of carbonyl (C=O) groups is 2. The van der Waals surface area contributed by atoms with Gasteiger partial charge in [0.2, 0.25) is 5.60 Å².